The number of thiazole rings is 1. The minimum Gasteiger partial charge on any atom is -0.347 e. The van der Waals surface area contributed by atoms with Crippen molar-refractivity contribution in [3.63, 3.8) is 0 Å². The first-order chi connectivity index (χ1) is 19.4. The van der Waals surface area contributed by atoms with Crippen molar-refractivity contribution in [2.75, 3.05) is 32.6 Å². The smallest absolute Gasteiger partial charge is 0.304 e. The van der Waals surface area contributed by atoms with E-state index in [0.29, 0.717) is 24.0 Å². The SMILES string of the molecule is CN(C)C(=O)C1CCCN1S(=O)(=O)NC(=O)CC[C@@H](Cc1cc(F)cc(F)c1)C(=O)N(C)c1ccc2scnc2c1. The lowest BCUT2D eigenvalue weighted by molar-refractivity contribution is -0.132. The predicted octanol–water partition coefficient (Wildman–Crippen LogP) is 3.09. The van der Waals surface area contributed by atoms with Crippen LogP contribution < -0.4 is 9.62 Å². The predicted molar refractivity (Wildman–Crippen MR) is 151 cm³/mol. The first-order valence-electron chi connectivity index (χ1n) is 12.9. The zero-order valence-corrected chi connectivity index (χ0v) is 24.5. The second-order valence-corrected chi connectivity index (χ2v) is 12.7. The van der Waals surface area contributed by atoms with E-state index in [0.717, 1.165) is 27.2 Å². The van der Waals surface area contributed by atoms with Gasteiger partial charge in [-0.2, -0.15) is 12.7 Å². The Morgan fingerprint density at radius 2 is 1.83 bits per heavy atom. The number of rotatable bonds is 10. The van der Waals surface area contributed by atoms with Crippen molar-refractivity contribution in [3.8, 4) is 0 Å². The Hall–Kier alpha value is -3.49. The number of hydrogen-bond donors (Lipinski definition) is 1. The molecule has 1 aliphatic rings. The molecule has 2 aromatic carbocycles. The number of nitrogens with zero attached hydrogens (tertiary/aromatic N) is 4. The number of carbonyl (C=O) groups excluding carboxylic acids is 3. The van der Waals surface area contributed by atoms with Crippen LogP contribution in [0.5, 0.6) is 0 Å². The van der Waals surface area contributed by atoms with Crippen molar-refractivity contribution in [2.45, 2.75) is 38.1 Å². The average molecular weight is 608 g/mol. The van der Waals surface area contributed by atoms with E-state index in [1.54, 1.807) is 24.7 Å². The third kappa shape index (κ3) is 7.24. The standard InChI is InChI=1S/C27H31F2N5O5S2/c1-32(2)27(37)23-5-4-10-34(23)41(38,39)31-25(35)9-6-18(11-17-12-19(28)14-20(29)13-17)26(36)33(3)21-7-8-24-22(15-21)30-16-40-24/h7-8,12-16,18,23H,4-6,9-11H2,1-3H3,(H,31,35)/t18-,23?/m0/s1. The zero-order valence-electron chi connectivity index (χ0n) is 22.8. The van der Waals surface area contributed by atoms with Gasteiger partial charge in [0.05, 0.1) is 15.7 Å². The molecule has 0 spiro atoms. The number of benzene rings is 2. The Morgan fingerprint density at radius 3 is 2.51 bits per heavy atom. The van der Waals surface area contributed by atoms with Crippen LogP contribution in [-0.4, -0.2) is 74.1 Å². The molecule has 0 aliphatic carbocycles. The quantitative estimate of drug-likeness (QED) is 0.378. The summed E-state index contributed by atoms with van der Waals surface area (Å²) in [7, 11) is 0.287. The molecule has 10 nitrogen and oxygen atoms in total. The van der Waals surface area contributed by atoms with Crippen molar-refractivity contribution < 1.29 is 31.6 Å². The Balaban J connectivity index is 1.50. The number of carbonyl (C=O) groups is 3. The van der Waals surface area contributed by atoms with Crippen LogP contribution in [0.1, 0.15) is 31.2 Å². The van der Waals surface area contributed by atoms with Crippen LogP contribution in [0.4, 0.5) is 14.5 Å². The topological polar surface area (TPSA) is 120 Å². The number of fused-ring (bicyclic) bond motifs is 1. The highest BCUT2D eigenvalue weighted by molar-refractivity contribution is 7.87. The molecule has 1 aliphatic heterocycles. The molecule has 1 unspecified atom stereocenters. The average Bonchev–Trinajstić information content (AvgIpc) is 3.58. The maximum absolute atomic E-state index is 13.9. The second kappa shape index (κ2) is 12.6. The van der Waals surface area contributed by atoms with E-state index in [1.165, 1.54) is 35.2 Å². The number of amides is 3. The van der Waals surface area contributed by atoms with E-state index in [-0.39, 0.29) is 37.3 Å². The van der Waals surface area contributed by atoms with Gasteiger partial charge in [0.1, 0.15) is 17.7 Å². The molecule has 41 heavy (non-hydrogen) atoms. The third-order valence-electron chi connectivity index (χ3n) is 6.99. The van der Waals surface area contributed by atoms with Gasteiger partial charge in [-0.1, -0.05) is 0 Å². The molecule has 2 heterocycles. The van der Waals surface area contributed by atoms with Crippen molar-refractivity contribution in [1.29, 1.82) is 0 Å². The van der Waals surface area contributed by atoms with Crippen LogP contribution in [-0.2, 0) is 31.0 Å². The van der Waals surface area contributed by atoms with Gasteiger partial charge in [0.15, 0.2) is 0 Å². The lowest BCUT2D eigenvalue weighted by Gasteiger charge is -2.26. The fraction of sp³-hybridized carbons (Fsp3) is 0.407. The van der Waals surface area contributed by atoms with Gasteiger partial charge in [-0.15, -0.1) is 11.3 Å². The van der Waals surface area contributed by atoms with Gasteiger partial charge in [0, 0.05) is 51.8 Å². The molecule has 14 heteroatoms. The first-order valence-corrected chi connectivity index (χ1v) is 15.3. The zero-order chi connectivity index (χ0) is 29.9. The van der Waals surface area contributed by atoms with E-state index < -0.39 is 45.6 Å². The first kappa shape index (κ1) is 30.5. The Kier molecular flexibility index (Phi) is 9.34. The van der Waals surface area contributed by atoms with Crippen LogP contribution in [0.25, 0.3) is 10.2 Å². The molecule has 1 saturated heterocycles. The van der Waals surface area contributed by atoms with E-state index in [9.17, 15) is 31.6 Å². The fourth-order valence-corrected chi connectivity index (χ4v) is 6.98. The van der Waals surface area contributed by atoms with E-state index in [1.807, 2.05) is 10.8 Å². The summed E-state index contributed by atoms with van der Waals surface area (Å²) in [6.45, 7) is 0.0905. The minimum atomic E-state index is -4.31. The Morgan fingerprint density at radius 1 is 1.12 bits per heavy atom. The molecule has 0 saturated carbocycles. The summed E-state index contributed by atoms with van der Waals surface area (Å²) in [6.07, 6.45) is 0.279. The van der Waals surface area contributed by atoms with Crippen LogP contribution in [0.2, 0.25) is 0 Å². The summed E-state index contributed by atoms with van der Waals surface area (Å²) in [5, 5.41) is 0. The number of halogens is 2. The summed E-state index contributed by atoms with van der Waals surface area (Å²) >= 11 is 1.45. The summed E-state index contributed by atoms with van der Waals surface area (Å²) in [4.78, 5) is 45.8. The van der Waals surface area contributed by atoms with Crippen molar-refractivity contribution in [2.24, 2.45) is 5.92 Å². The minimum absolute atomic E-state index is 0.0810. The highest BCUT2D eigenvalue weighted by Gasteiger charge is 2.40. The second-order valence-electron chi connectivity index (χ2n) is 10.2. The molecule has 4 rings (SSSR count). The largest absolute Gasteiger partial charge is 0.347 e. The number of anilines is 1. The molecule has 0 radical (unpaired) electrons. The monoisotopic (exact) mass is 607 g/mol. The maximum Gasteiger partial charge on any atom is 0.304 e. The highest BCUT2D eigenvalue weighted by Crippen LogP contribution is 2.27. The normalized spacial score (nSPS) is 16.5. The van der Waals surface area contributed by atoms with Crippen LogP contribution >= 0.6 is 11.3 Å². The van der Waals surface area contributed by atoms with E-state index in [2.05, 4.69) is 4.98 Å². The highest BCUT2D eigenvalue weighted by atomic mass is 32.2. The molecule has 3 aromatic rings. The molecule has 2 atom stereocenters. The maximum atomic E-state index is 13.9. The Labute approximate surface area is 241 Å². The number of hydrogen-bond acceptors (Lipinski definition) is 7. The molecular weight excluding hydrogens is 576 g/mol. The lowest BCUT2D eigenvalue weighted by Crippen LogP contribution is -2.50. The van der Waals surface area contributed by atoms with Crippen molar-refractivity contribution in [3.05, 3.63) is 59.1 Å². The van der Waals surface area contributed by atoms with E-state index >= 15 is 0 Å². The molecule has 3 amide bonds. The van der Waals surface area contributed by atoms with Gasteiger partial charge >= 0.3 is 10.2 Å². The fourth-order valence-electron chi connectivity index (χ4n) is 4.91. The van der Waals surface area contributed by atoms with Gasteiger partial charge < -0.3 is 9.80 Å². The molecular formula is C27H31F2N5O5S2. The molecule has 0 bridgehead atoms. The number of aromatic nitrogens is 1. The van der Waals surface area contributed by atoms with Crippen LogP contribution in [0.15, 0.2) is 41.9 Å². The summed E-state index contributed by atoms with van der Waals surface area (Å²) in [5.41, 5.74) is 3.15. The molecule has 1 fully saturated rings. The van der Waals surface area contributed by atoms with Gasteiger partial charge in [-0.3, -0.25) is 14.4 Å². The Bertz CT molecular complexity index is 1540. The van der Waals surface area contributed by atoms with Gasteiger partial charge in [-0.25, -0.2) is 18.5 Å². The number of likely N-dealkylation sites (N-methyl/N-ethyl adjacent to an activating group) is 1. The van der Waals surface area contributed by atoms with Crippen molar-refractivity contribution >= 4 is 55.2 Å². The van der Waals surface area contributed by atoms with Gasteiger partial charge in [-0.05, 0) is 61.6 Å². The van der Waals surface area contributed by atoms with Crippen LogP contribution in [0.3, 0.4) is 0 Å². The van der Waals surface area contributed by atoms with Crippen molar-refractivity contribution in [1.82, 2.24) is 18.9 Å². The van der Waals surface area contributed by atoms with Gasteiger partial charge in [0.2, 0.25) is 17.7 Å². The lowest BCUT2D eigenvalue weighted by atomic mass is 9.93. The summed E-state index contributed by atoms with van der Waals surface area (Å²) < 4.78 is 57.7. The summed E-state index contributed by atoms with van der Waals surface area (Å²) in [5.74, 6) is -4.17. The summed E-state index contributed by atoms with van der Waals surface area (Å²) in [6, 6.07) is 7.36. The molecule has 1 aromatic heterocycles. The number of nitrogens with one attached hydrogen (secondary N) is 1. The van der Waals surface area contributed by atoms with E-state index in [4.69, 9.17) is 0 Å². The van der Waals surface area contributed by atoms with Gasteiger partial charge in [0.25, 0.3) is 0 Å². The third-order valence-corrected chi connectivity index (χ3v) is 9.34. The molecule has 220 valence electrons. The van der Waals surface area contributed by atoms with Crippen LogP contribution in [0, 0.1) is 17.6 Å². The molecule has 1 N–H and O–H groups in total.